The summed E-state index contributed by atoms with van der Waals surface area (Å²) < 4.78 is 0. The molecule has 0 saturated carbocycles. The standard InChI is InChI=1S/C83H74N4/c1-55-11-29-67(30-12-55)84(68-31-13-56(2)14-32-68)75-47-65(48-76(53-75)85(69-33-15-57(3)16-34-69)70-35-17-58(4)18-36-70)63-27-45-79-80-46-28-64(52-82(80)83(9,10)81(79)51-63)66-49-77(86(71-37-19-59(5)20-38-71)72-39-21-60(6)22-40-72)54-78(50-66)87(73-41-23-61(7)24-42-73)74-43-25-62(8)26-44-74/h11-54H,1-10H3. The van der Waals surface area contributed by atoms with Crippen molar-refractivity contribution in [1.82, 2.24) is 0 Å². The van der Waals surface area contributed by atoms with Gasteiger partial charge in [0, 0.05) is 73.7 Å². The Morgan fingerprint density at radius 2 is 0.368 bits per heavy atom. The van der Waals surface area contributed by atoms with Crippen molar-refractivity contribution in [2.24, 2.45) is 0 Å². The zero-order valence-electron chi connectivity index (χ0n) is 51.7. The molecule has 87 heavy (non-hydrogen) atoms. The molecule has 0 fully saturated rings. The summed E-state index contributed by atoms with van der Waals surface area (Å²) in [6.07, 6.45) is 0. The lowest BCUT2D eigenvalue weighted by Crippen LogP contribution is -2.15. The maximum Gasteiger partial charge on any atom is 0.0488 e. The van der Waals surface area contributed by atoms with Crippen molar-refractivity contribution >= 4 is 68.2 Å². The molecule has 4 nitrogen and oxygen atoms in total. The molecule has 0 bridgehead atoms. The number of hydrogen-bond donors (Lipinski definition) is 0. The van der Waals surface area contributed by atoms with Gasteiger partial charge in [0.25, 0.3) is 0 Å². The van der Waals surface area contributed by atoms with E-state index >= 15 is 0 Å². The monoisotopic (exact) mass is 1130 g/mol. The van der Waals surface area contributed by atoms with Crippen LogP contribution in [-0.2, 0) is 5.41 Å². The van der Waals surface area contributed by atoms with E-state index < -0.39 is 0 Å². The van der Waals surface area contributed by atoms with Gasteiger partial charge in [0.2, 0.25) is 0 Å². The van der Waals surface area contributed by atoms with Crippen LogP contribution in [0.3, 0.4) is 0 Å². The molecule has 0 aliphatic heterocycles. The smallest absolute Gasteiger partial charge is 0.0488 e. The molecular weight excluding hydrogens is 1050 g/mol. The Morgan fingerprint density at radius 1 is 0.184 bits per heavy atom. The Kier molecular flexibility index (Phi) is 14.8. The normalized spacial score (nSPS) is 12.1. The molecule has 0 unspecified atom stereocenters. The van der Waals surface area contributed by atoms with Crippen LogP contribution in [-0.4, -0.2) is 0 Å². The van der Waals surface area contributed by atoms with E-state index in [1.54, 1.807) is 0 Å². The second-order valence-corrected chi connectivity index (χ2v) is 24.6. The van der Waals surface area contributed by atoms with E-state index in [9.17, 15) is 0 Å². The fraction of sp³-hybridized carbons (Fsp3) is 0.133. The number of benzene rings is 12. The van der Waals surface area contributed by atoms with Crippen LogP contribution in [0.1, 0.15) is 69.5 Å². The summed E-state index contributed by atoms with van der Waals surface area (Å²) in [5.74, 6) is 0. The van der Waals surface area contributed by atoms with E-state index in [-0.39, 0.29) is 5.41 Å². The predicted octanol–water partition coefficient (Wildman–Crippen LogP) is 23.7. The highest BCUT2D eigenvalue weighted by Crippen LogP contribution is 2.53. The van der Waals surface area contributed by atoms with Crippen molar-refractivity contribution in [2.45, 2.75) is 74.7 Å². The summed E-state index contributed by atoms with van der Waals surface area (Å²) in [6.45, 7) is 22.1. The highest BCUT2D eigenvalue weighted by atomic mass is 15.2. The second kappa shape index (κ2) is 23.0. The topological polar surface area (TPSA) is 13.0 Å². The van der Waals surface area contributed by atoms with Crippen LogP contribution in [0.4, 0.5) is 68.2 Å². The van der Waals surface area contributed by atoms with E-state index in [4.69, 9.17) is 0 Å². The van der Waals surface area contributed by atoms with Crippen LogP contribution in [0.25, 0.3) is 33.4 Å². The fourth-order valence-corrected chi connectivity index (χ4v) is 12.5. The van der Waals surface area contributed by atoms with Gasteiger partial charge in [-0.15, -0.1) is 0 Å². The fourth-order valence-electron chi connectivity index (χ4n) is 12.5. The van der Waals surface area contributed by atoms with Crippen LogP contribution in [0.2, 0.25) is 0 Å². The molecule has 1 aliphatic carbocycles. The number of anilines is 12. The van der Waals surface area contributed by atoms with Crippen molar-refractivity contribution in [3.63, 3.8) is 0 Å². The maximum atomic E-state index is 2.48. The van der Waals surface area contributed by atoms with Crippen LogP contribution in [0.15, 0.2) is 267 Å². The molecule has 0 saturated heterocycles. The van der Waals surface area contributed by atoms with Crippen molar-refractivity contribution < 1.29 is 0 Å². The average Bonchev–Trinajstić information content (AvgIpc) is 1.70. The first-order valence-corrected chi connectivity index (χ1v) is 30.4. The van der Waals surface area contributed by atoms with E-state index in [0.717, 1.165) is 90.5 Å². The first kappa shape index (κ1) is 56.0. The van der Waals surface area contributed by atoms with E-state index in [1.165, 1.54) is 66.8 Å². The van der Waals surface area contributed by atoms with Crippen LogP contribution in [0.5, 0.6) is 0 Å². The van der Waals surface area contributed by atoms with Crippen LogP contribution < -0.4 is 19.6 Å². The van der Waals surface area contributed by atoms with Gasteiger partial charge in [-0.25, -0.2) is 0 Å². The van der Waals surface area contributed by atoms with Crippen molar-refractivity contribution in [3.05, 3.63) is 323 Å². The molecule has 426 valence electrons. The van der Waals surface area contributed by atoms with Gasteiger partial charge < -0.3 is 19.6 Å². The Labute approximate surface area is 515 Å². The quantitative estimate of drug-likeness (QED) is 0.108. The zero-order chi connectivity index (χ0) is 60.1. The molecule has 0 heterocycles. The molecule has 0 amide bonds. The number of rotatable bonds is 14. The minimum absolute atomic E-state index is 0.338. The molecule has 1 aliphatic rings. The van der Waals surface area contributed by atoms with Gasteiger partial charge in [0.15, 0.2) is 0 Å². The predicted molar refractivity (Wildman–Crippen MR) is 372 cm³/mol. The second-order valence-electron chi connectivity index (χ2n) is 24.6. The number of fused-ring (bicyclic) bond motifs is 3. The maximum absolute atomic E-state index is 2.48. The molecule has 12 aromatic carbocycles. The summed E-state index contributed by atoms with van der Waals surface area (Å²) in [5.41, 5.74) is 32.2. The average molecular weight is 1130 g/mol. The Balaban J connectivity index is 0.971. The first-order chi connectivity index (χ1) is 42.1. The van der Waals surface area contributed by atoms with E-state index in [2.05, 4.69) is 356 Å². The Hall–Kier alpha value is -10.2. The number of hydrogen-bond acceptors (Lipinski definition) is 4. The molecule has 13 rings (SSSR count). The largest absolute Gasteiger partial charge is 0.310 e. The van der Waals surface area contributed by atoms with Gasteiger partial charge in [0.05, 0.1) is 0 Å². The number of aryl methyl sites for hydroxylation is 8. The summed E-state index contributed by atoms with van der Waals surface area (Å²) in [7, 11) is 0. The van der Waals surface area contributed by atoms with Crippen LogP contribution >= 0.6 is 0 Å². The molecular formula is C83H74N4. The van der Waals surface area contributed by atoms with Gasteiger partial charge in [-0.2, -0.15) is 0 Å². The molecule has 12 aromatic rings. The summed E-state index contributed by atoms with van der Waals surface area (Å²) >= 11 is 0. The minimum atomic E-state index is -0.338. The van der Waals surface area contributed by atoms with Crippen molar-refractivity contribution in [2.75, 3.05) is 19.6 Å². The highest BCUT2D eigenvalue weighted by molar-refractivity contribution is 5.92. The number of nitrogens with zero attached hydrogens (tertiary/aromatic N) is 4. The molecule has 0 N–H and O–H groups in total. The third kappa shape index (κ3) is 11.2. The van der Waals surface area contributed by atoms with Gasteiger partial charge >= 0.3 is 0 Å². The lowest BCUT2D eigenvalue weighted by molar-refractivity contribution is 0.661. The zero-order valence-corrected chi connectivity index (χ0v) is 51.7. The minimum Gasteiger partial charge on any atom is -0.310 e. The van der Waals surface area contributed by atoms with Crippen molar-refractivity contribution in [1.29, 1.82) is 0 Å². The van der Waals surface area contributed by atoms with E-state index in [0.29, 0.717) is 0 Å². The van der Waals surface area contributed by atoms with Gasteiger partial charge in [-0.1, -0.05) is 180 Å². The Morgan fingerprint density at radius 3 is 0.552 bits per heavy atom. The lowest BCUT2D eigenvalue weighted by Gasteiger charge is -2.31. The van der Waals surface area contributed by atoms with E-state index in [1.807, 2.05) is 0 Å². The molecule has 0 radical (unpaired) electrons. The third-order valence-corrected chi connectivity index (χ3v) is 17.5. The summed E-state index contributed by atoms with van der Waals surface area (Å²) in [4.78, 5) is 9.63. The molecule has 0 aromatic heterocycles. The molecule has 0 atom stereocenters. The van der Waals surface area contributed by atoms with Crippen LogP contribution in [0, 0.1) is 55.4 Å². The SMILES string of the molecule is Cc1ccc(N(c2ccc(C)cc2)c2cc(-c3ccc4c(c3)C(C)(C)c3cc(-c5cc(N(c6ccc(C)cc6)c6ccc(C)cc6)cc(N(c6ccc(C)cc6)c6ccc(C)cc6)c5)ccc3-4)cc(N(c3ccc(C)cc3)c3ccc(C)cc3)c2)cc1. The lowest BCUT2D eigenvalue weighted by atomic mass is 9.80. The summed E-state index contributed by atoms with van der Waals surface area (Å²) in [5, 5.41) is 0. The highest BCUT2D eigenvalue weighted by Gasteiger charge is 2.36. The Bertz CT molecular complexity index is 3750. The third-order valence-electron chi connectivity index (χ3n) is 17.5. The van der Waals surface area contributed by atoms with Gasteiger partial charge in [0.1, 0.15) is 0 Å². The summed E-state index contributed by atoms with van der Waals surface area (Å²) in [6, 6.07) is 100.0. The van der Waals surface area contributed by atoms with Gasteiger partial charge in [-0.05, 0) is 245 Å². The molecule has 4 heteroatoms. The molecule has 0 spiro atoms. The first-order valence-electron chi connectivity index (χ1n) is 30.4. The van der Waals surface area contributed by atoms with Crippen molar-refractivity contribution in [3.8, 4) is 33.4 Å². The van der Waals surface area contributed by atoms with Gasteiger partial charge in [-0.3, -0.25) is 0 Å².